The van der Waals surface area contributed by atoms with Gasteiger partial charge in [-0.3, -0.25) is 19.3 Å². The fourth-order valence-electron chi connectivity index (χ4n) is 5.48. The number of carbonyl (C=O) groups is 3. The topological polar surface area (TPSA) is 78.8 Å². The second-order valence-corrected chi connectivity index (χ2v) is 12.7. The molecule has 3 aromatic rings. The molecule has 10 heteroatoms. The van der Waals surface area contributed by atoms with Crippen molar-refractivity contribution in [3.8, 4) is 5.69 Å². The zero-order valence-corrected chi connectivity index (χ0v) is 25.0. The summed E-state index contributed by atoms with van der Waals surface area (Å²) in [5.41, 5.74) is 3.29. The number of para-hydroxylation sites is 1. The number of benzene rings is 2. The zero-order valence-electron chi connectivity index (χ0n) is 24.2. The van der Waals surface area contributed by atoms with E-state index in [1.165, 1.54) is 29.7 Å². The molecule has 3 heterocycles. The summed E-state index contributed by atoms with van der Waals surface area (Å²) in [6, 6.07) is 14.4. The van der Waals surface area contributed by atoms with Crippen molar-refractivity contribution < 1.29 is 18.8 Å². The van der Waals surface area contributed by atoms with E-state index in [2.05, 4.69) is 20.8 Å². The highest BCUT2D eigenvalue weighted by atomic mass is 32.2. The Morgan fingerprint density at radius 1 is 1.00 bits per heavy atom. The van der Waals surface area contributed by atoms with Crippen LogP contribution in [0.25, 0.3) is 5.69 Å². The first-order valence-electron chi connectivity index (χ1n) is 13.9. The number of aromatic nitrogens is 2. The zero-order chi connectivity index (χ0) is 29.5. The first-order valence-corrected chi connectivity index (χ1v) is 14.9. The summed E-state index contributed by atoms with van der Waals surface area (Å²) in [5, 5.41) is 4.59. The SMILES string of the molecule is CC(=O)N1CCN(C(=O)CN2C(=O)CSC(c3ccccc3F)c3c(C(C)(C)C)nn(-c4ccccc4C)c32)CC1. The Morgan fingerprint density at radius 3 is 2.27 bits per heavy atom. The minimum absolute atomic E-state index is 0.0162. The fraction of sp³-hybridized carbons (Fsp3) is 0.419. The van der Waals surface area contributed by atoms with Gasteiger partial charge in [0.05, 0.1) is 22.4 Å². The van der Waals surface area contributed by atoms with Gasteiger partial charge in [0.1, 0.15) is 18.2 Å². The molecule has 2 aromatic carbocycles. The largest absolute Gasteiger partial charge is 0.339 e. The molecule has 0 spiro atoms. The Morgan fingerprint density at radius 2 is 1.63 bits per heavy atom. The highest BCUT2D eigenvalue weighted by Gasteiger charge is 2.41. The van der Waals surface area contributed by atoms with E-state index in [0.29, 0.717) is 37.6 Å². The van der Waals surface area contributed by atoms with Crippen LogP contribution in [0.2, 0.25) is 0 Å². The minimum Gasteiger partial charge on any atom is -0.339 e. The number of hydrogen-bond acceptors (Lipinski definition) is 5. The standard InChI is InChI=1S/C31H36FN5O3S/c1-20-10-6-9-13-24(20)37-30-27(29(33-37)31(3,4)5)28(22-11-7-8-12-23(22)32)41-19-26(40)36(30)18-25(39)35-16-14-34(15-17-35)21(2)38/h6-13,28H,14-19H2,1-5H3. The van der Waals surface area contributed by atoms with E-state index in [1.807, 2.05) is 31.2 Å². The monoisotopic (exact) mass is 577 g/mol. The van der Waals surface area contributed by atoms with Gasteiger partial charge in [0.2, 0.25) is 17.7 Å². The maximum atomic E-state index is 15.3. The van der Waals surface area contributed by atoms with Gasteiger partial charge in [-0.1, -0.05) is 57.2 Å². The Balaban J connectivity index is 1.67. The Bertz CT molecular complexity index is 1490. The predicted molar refractivity (Wildman–Crippen MR) is 159 cm³/mol. The van der Waals surface area contributed by atoms with Crippen LogP contribution in [0, 0.1) is 12.7 Å². The van der Waals surface area contributed by atoms with Gasteiger partial charge in [-0.2, -0.15) is 5.10 Å². The van der Waals surface area contributed by atoms with Gasteiger partial charge in [0.25, 0.3) is 0 Å². The van der Waals surface area contributed by atoms with Gasteiger partial charge >= 0.3 is 0 Å². The first kappa shape index (κ1) is 28.9. The summed E-state index contributed by atoms with van der Waals surface area (Å²) in [5.74, 6) is -0.214. The lowest BCUT2D eigenvalue weighted by molar-refractivity contribution is -0.137. The van der Waals surface area contributed by atoms with Crippen LogP contribution < -0.4 is 4.90 Å². The number of halogens is 1. The molecule has 1 aromatic heterocycles. The van der Waals surface area contributed by atoms with E-state index in [9.17, 15) is 14.4 Å². The number of anilines is 1. The summed E-state index contributed by atoms with van der Waals surface area (Å²) in [6.45, 7) is 11.2. The average Bonchev–Trinajstić information content (AvgIpc) is 3.27. The highest BCUT2D eigenvalue weighted by molar-refractivity contribution is 8.00. The molecular formula is C31H36FN5O3S. The lowest BCUT2D eigenvalue weighted by Gasteiger charge is -2.35. The van der Waals surface area contributed by atoms with Gasteiger partial charge in [0.15, 0.2) is 0 Å². The van der Waals surface area contributed by atoms with Crippen LogP contribution in [-0.4, -0.2) is 75.8 Å². The molecule has 0 aliphatic carbocycles. The molecule has 216 valence electrons. The summed E-state index contributed by atoms with van der Waals surface area (Å²) in [7, 11) is 0. The Kier molecular flexibility index (Phi) is 7.96. The van der Waals surface area contributed by atoms with Crippen LogP contribution in [0.4, 0.5) is 10.2 Å². The Hall–Kier alpha value is -3.66. The molecule has 2 aliphatic heterocycles. The number of carbonyl (C=O) groups excluding carboxylic acids is 3. The molecule has 3 amide bonds. The van der Waals surface area contributed by atoms with Crippen molar-refractivity contribution in [1.29, 1.82) is 0 Å². The van der Waals surface area contributed by atoms with Crippen molar-refractivity contribution in [1.82, 2.24) is 19.6 Å². The smallest absolute Gasteiger partial charge is 0.242 e. The quantitative estimate of drug-likeness (QED) is 0.457. The lowest BCUT2D eigenvalue weighted by atomic mass is 9.87. The number of nitrogens with zero attached hydrogens (tertiary/aromatic N) is 5. The molecule has 1 fully saturated rings. The number of rotatable bonds is 4. The molecule has 1 unspecified atom stereocenters. The van der Waals surface area contributed by atoms with Crippen molar-refractivity contribution in [3.05, 3.63) is 76.7 Å². The number of piperazine rings is 1. The third kappa shape index (κ3) is 5.62. The predicted octanol–water partition coefficient (Wildman–Crippen LogP) is 4.48. The van der Waals surface area contributed by atoms with Gasteiger partial charge in [-0.25, -0.2) is 9.07 Å². The van der Waals surface area contributed by atoms with Crippen molar-refractivity contribution in [3.63, 3.8) is 0 Å². The molecule has 0 saturated carbocycles. The number of hydrogen-bond donors (Lipinski definition) is 0. The number of amides is 3. The van der Waals surface area contributed by atoms with Crippen LogP contribution in [0.3, 0.4) is 0 Å². The normalized spacial score (nSPS) is 17.9. The van der Waals surface area contributed by atoms with Gasteiger partial charge < -0.3 is 9.80 Å². The maximum absolute atomic E-state index is 15.3. The fourth-order valence-corrected chi connectivity index (χ4v) is 6.70. The molecule has 0 radical (unpaired) electrons. The molecule has 1 saturated heterocycles. The Labute approximate surface area is 244 Å². The van der Waals surface area contributed by atoms with Crippen LogP contribution in [0.5, 0.6) is 0 Å². The van der Waals surface area contributed by atoms with Crippen molar-refractivity contribution in [2.45, 2.75) is 45.3 Å². The van der Waals surface area contributed by atoms with Gasteiger partial charge in [-0.15, -0.1) is 11.8 Å². The average molecular weight is 578 g/mol. The number of thioether (sulfide) groups is 1. The molecule has 0 N–H and O–H groups in total. The molecule has 41 heavy (non-hydrogen) atoms. The molecule has 1 atom stereocenters. The summed E-state index contributed by atoms with van der Waals surface area (Å²) >= 11 is 1.36. The molecule has 0 bridgehead atoms. The first-order chi connectivity index (χ1) is 19.5. The molecule has 8 nitrogen and oxygen atoms in total. The minimum atomic E-state index is -0.499. The molecule has 2 aliphatic rings. The molecular weight excluding hydrogens is 541 g/mol. The van der Waals surface area contributed by atoms with E-state index in [1.54, 1.807) is 32.7 Å². The van der Waals surface area contributed by atoms with Crippen LogP contribution in [-0.2, 0) is 19.8 Å². The van der Waals surface area contributed by atoms with Crippen LogP contribution in [0.1, 0.15) is 55.3 Å². The second-order valence-electron chi connectivity index (χ2n) is 11.6. The van der Waals surface area contributed by atoms with Crippen molar-refractivity contribution >= 4 is 35.3 Å². The van der Waals surface area contributed by atoms with Crippen LogP contribution in [0.15, 0.2) is 48.5 Å². The summed E-state index contributed by atoms with van der Waals surface area (Å²) < 4.78 is 17.1. The van der Waals surface area contributed by atoms with Gasteiger partial charge in [-0.05, 0) is 24.6 Å². The second kappa shape index (κ2) is 11.3. The third-order valence-electron chi connectivity index (χ3n) is 7.70. The third-order valence-corrected chi connectivity index (χ3v) is 8.94. The van der Waals surface area contributed by atoms with E-state index in [-0.39, 0.29) is 35.8 Å². The van der Waals surface area contributed by atoms with Gasteiger partial charge in [0, 0.05) is 49.6 Å². The number of aryl methyl sites for hydroxylation is 1. The summed E-state index contributed by atoms with van der Waals surface area (Å²) in [4.78, 5) is 44.3. The van der Waals surface area contributed by atoms with E-state index in [0.717, 1.165) is 22.5 Å². The van der Waals surface area contributed by atoms with Crippen LogP contribution >= 0.6 is 11.8 Å². The van der Waals surface area contributed by atoms with E-state index in [4.69, 9.17) is 5.10 Å². The van der Waals surface area contributed by atoms with Crippen molar-refractivity contribution in [2.24, 2.45) is 0 Å². The molecule has 5 rings (SSSR count). The van der Waals surface area contributed by atoms with Crippen molar-refractivity contribution in [2.75, 3.05) is 43.4 Å². The summed E-state index contributed by atoms with van der Waals surface area (Å²) in [6.07, 6.45) is 0. The highest BCUT2D eigenvalue weighted by Crippen LogP contribution is 2.49. The maximum Gasteiger partial charge on any atom is 0.242 e. The van der Waals surface area contributed by atoms with E-state index < -0.39 is 10.7 Å². The number of fused-ring (bicyclic) bond motifs is 1. The van der Waals surface area contributed by atoms with E-state index >= 15 is 4.39 Å². The lowest BCUT2D eigenvalue weighted by Crippen LogP contribution is -2.53.